The zero-order chi connectivity index (χ0) is 17.1. The molecule has 0 aromatic heterocycles. The number of esters is 1. The maximum absolute atomic E-state index is 11.1. The van der Waals surface area contributed by atoms with Crippen LogP contribution in [0.2, 0.25) is 0 Å². The Morgan fingerprint density at radius 3 is 2.61 bits per heavy atom. The summed E-state index contributed by atoms with van der Waals surface area (Å²) in [6.07, 6.45) is 0.236. The van der Waals surface area contributed by atoms with Crippen molar-refractivity contribution in [1.29, 1.82) is 0 Å². The monoisotopic (exact) mass is 323 g/mol. The van der Waals surface area contributed by atoms with Crippen LogP contribution in [0.15, 0.2) is 23.2 Å². The Morgan fingerprint density at radius 2 is 2.00 bits per heavy atom. The van der Waals surface area contributed by atoms with Crippen LogP contribution < -0.4 is 20.1 Å². The van der Waals surface area contributed by atoms with Crippen molar-refractivity contribution in [2.24, 2.45) is 4.99 Å². The smallest absolute Gasteiger partial charge is 0.307 e. The predicted molar refractivity (Wildman–Crippen MR) is 90.4 cm³/mol. The Bertz CT molecular complexity index is 532. The highest BCUT2D eigenvalue weighted by atomic mass is 16.5. The third-order valence-corrected chi connectivity index (χ3v) is 2.88. The highest BCUT2D eigenvalue weighted by molar-refractivity contribution is 5.94. The zero-order valence-corrected chi connectivity index (χ0v) is 14.1. The van der Waals surface area contributed by atoms with Crippen molar-refractivity contribution in [3.63, 3.8) is 0 Å². The summed E-state index contributed by atoms with van der Waals surface area (Å²) in [4.78, 5) is 15.5. The molecule has 0 heterocycles. The molecule has 0 spiro atoms. The van der Waals surface area contributed by atoms with E-state index in [0.717, 1.165) is 5.69 Å². The number of carbonyl (C=O) groups is 1. The average Bonchev–Trinajstić information content (AvgIpc) is 2.56. The van der Waals surface area contributed by atoms with Crippen molar-refractivity contribution < 1.29 is 19.0 Å². The molecule has 7 nitrogen and oxygen atoms in total. The molecule has 0 aliphatic heterocycles. The molecule has 1 aromatic carbocycles. The van der Waals surface area contributed by atoms with Gasteiger partial charge in [-0.05, 0) is 26.0 Å². The lowest BCUT2D eigenvalue weighted by molar-refractivity contribution is -0.140. The molecule has 0 aliphatic carbocycles. The van der Waals surface area contributed by atoms with Crippen molar-refractivity contribution >= 4 is 17.6 Å². The number of guanidine groups is 1. The van der Waals surface area contributed by atoms with Gasteiger partial charge in [0.1, 0.15) is 0 Å². The van der Waals surface area contributed by atoms with E-state index in [-0.39, 0.29) is 12.4 Å². The summed E-state index contributed by atoms with van der Waals surface area (Å²) in [5.41, 5.74) is 0.808. The molecule has 0 bridgehead atoms. The average molecular weight is 323 g/mol. The fraction of sp³-hybridized carbons (Fsp3) is 0.500. The van der Waals surface area contributed by atoms with E-state index in [4.69, 9.17) is 9.47 Å². The van der Waals surface area contributed by atoms with Crippen LogP contribution in [0.3, 0.4) is 0 Å². The molecule has 0 radical (unpaired) electrons. The fourth-order valence-corrected chi connectivity index (χ4v) is 1.82. The number of nitrogens with one attached hydrogen (secondary N) is 2. The molecule has 1 rings (SSSR count). The minimum absolute atomic E-state index is 0.236. The van der Waals surface area contributed by atoms with Gasteiger partial charge in [0.15, 0.2) is 17.5 Å². The van der Waals surface area contributed by atoms with Crippen LogP contribution in [0.25, 0.3) is 0 Å². The molecule has 1 aromatic rings. The molecule has 0 atom stereocenters. The van der Waals surface area contributed by atoms with E-state index < -0.39 is 0 Å². The summed E-state index contributed by atoms with van der Waals surface area (Å²) in [5, 5.41) is 6.28. The predicted octanol–water partition coefficient (Wildman–Crippen LogP) is 2.03. The van der Waals surface area contributed by atoms with Crippen LogP contribution in [-0.2, 0) is 9.53 Å². The van der Waals surface area contributed by atoms with Crippen LogP contribution in [-0.4, -0.2) is 45.8 Å². The van der Waals surface area contributed by atoms with Gasteiger partial charge in [-0.3, -0.25) is 9.79 Å². The van der Waals surface area contributed by atoms with Crippen LogP contribution in [0, 0.1) is 0 Å². The first kappa shape index (κ1) is 18.6. The van der Waals surface area contributed by atoms with E-state index in [2.05, 4.69) is 20.4 Å². The SMILES string of the molecule is CCNC(=NCCC(=O)OC)Nc1ccc(OCC)c(OC)c1. The first-order chi connectivity index (χ1) is 11.1. The highest BCUT2D eigenvalue weighted by Crippen LogP contribution is 2.30. The second-order valence-electron chi connectivity index (χ2n) is 4.51. The van der Waals surface area contributed by atoms with Gasteiger partial charge in [-0.2, -0.15) is 0 Å². The number of hydrogen-bond acceptors (Lipinski definition) is 5. The van der Waals surface area contributed by atoms with Crippen molar-refractivity contribution in [3.8, 4) is 11.5 Å². The van der Waals surface area contributed by atoms with Gasteiger partial charge in [0.05, 0.1) is 33.8 Å². The lowest BCUT2D eigenvalue weighted by atomic mass is 10.2. The Kier molecular flexibility index (Phi) is 8.34. The molecule has 7 heteroatoms. The molecule has 0 saturated carbocycles. The van der Waals surface area contributed by atoms with Crippen molar-refractivity contribution in [3.05, 3.63) is 18.2 Å². The van der Waals surface area contributed by atoms with Crippen LogP contribution in [0.4, 0.5) is 5.69 Å². The van der Waals surface area contributed by atoms with Crippen LogP contribution >= 0.6 is 0 Å². The minimum atomic E-state index is -0.285. The first-order valence-electron chi connectivity index (χ1n) is 7.57. The molecule has 0 fully saturated rings. The van der Waals surface area contributed by atoms with E-state index in [1.54, 1.807) is 7.11 Å². The van der Waals surface area contributed by atoms with E-state index >= 15 is 0 Å². The summed E-state index contributed by atoms with van der Waals surface area (Å²) >= 11 is 0. The van der Waals surface area contributed by atoms with Gasteiger partial charge in [0.25, 0.3) is 0 Å². The first-order valence-corrected chi connectivity index (χ1v) is 7.57. The fourth-order valence-electron chi connectivity index (χ4n) is 1.82. The summed E-state index contributed by atoms with van der Waals surface area (Å²) in [6.45, 7) is 5.51. The van der Waals surface area contributed by atoms with Crippen LogP contribution in [0.1, 0.15) is 20.3 Å². The van der Waals surface area contributed by atoms with Crippen molar-refractivity contribution in [1.82, 2.24) is 5.32 Å². The van der Waals surface area contributed by atoms with E-state index in [9.17, 15) is 4.79 Å². The molecule has 0 saturated heterocycles. The number of carbonyl (C=O) groups excluding carboxylic acids is 1. The van der Waals surface area contributed by atoms with E-state index in [1.165, 1.54) is 7.11 Å². The Labute approximate surface area is 137 Å². The van der Waals surface area contributed by atoms with E-state index in [0.29, 0.717) is 37.2 Å². The Hall–Kier alpha value is -2.44. The molecule has 0 amide bonds. The number of rotatable bonds is 8. The minimum Gasteiger partial charge on any atom is -0.493 e. The topological polar surface area (TPSA) is 81.2 Å². The molecular formula is C16H25N3O4. The summed E-state index contributed by atoms with van der Waals surface area (Å²) in [7, 11) is 2.96. The summed E-state index contributed by atoms with van der Waals surface area (Å²) in [6, 6.07) is 5.54. The van der Waals surface area contributed by atoms with Gasteiger partial charge in [-0.15, -0.1) is 0 Å². The Balaban J connectivity index is 2.79. The largest absolute Gasteiger partial charge is 0.493 e. The van der Waals surface area contributed by atoms with Crippen LogP contribution in [0.5, 0.6) is 11.5 Å². The number of benzene rings is 1. The van der Waals surface area contributed by atoms with Gasteiger partial charge in [-0.1, -0.05) is 0 Å². The summed E-state index contributed by atoms with van der Waals surface area (Å²) in [5.74, 6) is 1.63. The second-order valence-corrected chi connectivity index (χ2v) is 4.51. The van der Waals surface area contributed by atoms with Gasteiger partial charge in [-0.25, -0.2) is 0 Å². The lowest BCUT2D eigenvalue weighted by Gasteiger charge is -2.14. The molecule has 128 valence electrons. The third kappa shape index (κ3) is 6.46. The zero-order valence-electron chi connectivity index (χ0n) is 14.1. The van der Waals surface area contributed by atoms with Crippen molar-refractivity contribution in [2.45, 2.75) is 20.3 Å². The maximum atomic E-state index is 11.1. The number of aliphatic imine (C=N–C) groups is 1. The number of hydrogen-bond donors (Lipinski definition) is 2. The number of nitrogens with zero attached hydrogens (tertiary/aromatic N) is 1. The lowest BCUT2D eigenvalue weighted by Crippen LogP contribution is -2.31. The van der Waals surface area contributed by atoms with E-state index in [1.807, 2.05) is 32.0 Å². The number of methoxy groups -OCH3 is 2. The maximum Gasteiger partial charge on any atom is 0.307 e. The summed E-state index contributed by atoms with van der Waals surface area (Å²) < 4.78 is 15.4. The van der Waals surface area contributed by atoms with Gasteiger partial charge >= 0.3 is 5.97 Å². The molecule has 23 heavy (non-hydrogen) atoms. The normalized spacial score (nSPS) is 10.9. The standard InChI is InChI=1S/C16H25N3O4/c1-5-17-16(18-10-9-15(20)22-4)19-12-7-8-13(23-6-2)14(11-12)21-3/h7-8,11H,5-6,9-10H2,1-4H3,(H2,17,18,19). The van der Waals surface area contributed by atoms with Gasteiger partial charge in [0, 0.05) is 18.3 Å². The molecule has 0 unspecified atom stereocenters. The molecular weight excluding hydrogens is 298 g/mol. The van der Waals surface area contributed by atoms with Crippen molar-refractivity contribution in [2.75, 3.05) is 39.2 Å². The Morgan fingerprint density at radius 1 is 1.22 bits per heavy atom. The third-order valence-electron chi connectivity index (χ3n) is 2.88. The molecule has 2 N–H and O–H groups in total. The van der Waals surface area contributed by atoms with Gasteiger partial charge in [0.2, 0.25) is 0 Å². The second kappa shape index (κ2) is 10.3. The number of anilines is 1. The molecule has 0 aliphatic rings. The quantitative estimate of drug-likeness (QED) is 0.433. The van der Waals surface area contributed by atoms with Gasteiger partial charge < -0.3 is 24.8 Å². The highest BCUT2D eigenvalue weighted by Gasteiger charge is 2.07. The number of ether oxygens (including phenoxy) is 3.